The van der Waals surface area contributed by atoms with Crippen molar-refractivity contribution >= 4 is 11.8 Å². The summed E-state index contributed by atoms with van der Waals surface area (Å²) in [6.45, 7) is 4.47. The van der Waals surface area contributed by atoms with Crippen molar-refractivity contribution in [2.24, 2.45) is 0 Å². The lowest BCUT2D eigenvalue weighted by molar-refractivity contribution is 0.573. The molecule has 27 heavy (non-hydrogen) atoms. The molecule has 0 aliphatic rings. The maximum absolute atomic E-state index is 5.60. The van der Waals surface area contributed by atoms with Gasteiger partial charge in [0.05, 0.1) is 5.69 Å². The number of hydrogen-bond donors (Lipinski definition) is 0. The van der Waals surface area contributed by atoms with Gasteiger partial charge in [-0.1, -0.05) is 36.0 Å². The molecule has 0 aliphatic heterocycles. The predicted molar refractivity (Wildman–Crippen MR) is 105 cm³/mol. The molecule has 6 nitrogen and oxygen atoms in total. The van der Waals surface area contributed by atoms with Crippen LogP contribution < -0.4 is 0 Å². The van der Waals surface area contributed by atoms with Crippen LogP contribution in [0, 0.1) is 0 Å². The second kappa shape index (κ2) is 8.01. The van der Waals surface area contributed by atoms with Gasteiger partial charge in [-0.05, 0) is 24.3 Å². The molecular weight excluding hydrogens is 358 g/mol. The minimum absolute atomic E-state index is 0.622. The average molecular weight is 375 g/mol. The maximum Gasteiger partial charge on any atom is 0.226 e. The lowest BCUT2D eigenvalue weighted by Gasteiger charge is -2.06. The molecule has 0 spiro atoms. The van der Waals surface area contributed by atoms with Gasteiger partial charge < -0.3 is 4.42 Å². The van der Waals surface area contributed by atoms with Gasteiger partial charge in [-0.3, -0.25) is 9.55 Å². The van der Waals surface area contributed by atoms with Crippen molar-refractivity contribution in [1.82, 2.24) is 24.7 Å². The number of pyridine rings is 1. The van der Waals surface area contributed by atoms with Crippen LogP contribution in [0.15, 0.2) is 83.3 Å². The predicted octanol–water partition coefficient (Wildman–Crippen LogP) is 4.47. The van der Waals surface area contributed by atoms with E-state index >= 15 is 0 Å². The third kappa shape index (κ3) is 3.83. The van der Waals surface area contributed by atoms with Crippen LogP contribution in [0.1, 0.15) is 5.69 Å². The second-order valence-corrected chi connectivity index (χ2v) is 6.68. The van der Waals surface area contributed by atoms with Gasteiger partial charge in [-0.2, -0.15) is 0 Å². The van der Waals surface area contributed by atoms with Gasteiger partial charge in [0.15, 0.2) is 11.0 Å². The van der Waals surface area contributed by atoms with E-state index in [2.05, 4.69) is 26.7 Å². The Morgan fingerprint density at radius 2 is 1.85 bits per heavy atom. The van der Waals surface area contributed by atoms with Crippen molar-refractivity contribution in [3.63, 3.8) is 0 Å². The minimum Gasteiger partial charge on any atom is -0.444 e. The molecule has 3 aromatic heterocycles. The van der Waals surface area contributed by atoms with E-state index in [1.165, 1.54) is 0 Å². The van der Waals surface area contributed by atoms with Crippen molar-refractivity contribution in [3.05, 3.63) is 79.5 Å². The largest absolute Gasteiger partial charge is 0.444 e. The fourth-order valence-electron chi connectivity index (χ4n) is 2.63. The van der Waals surface area contributed by atoms with Crippen molar-refractivity contribution in [2.75, 3.05) is 0 Å². The summed E-state index contributed by atoms with van der Waals surface area (Å²) in [5.74, 6) is 2.06. The molecule has 4 rings (SSSR count). The number of benzene rings is 1. The molecule has 3 heterocycles. The Morgan fingerprint density at radius 3 is 2.63 bits per heavy atom. The van der Waals surface area contributed by atoms with E-state index in [4.69, 9.17) is 4.42 Å². The SMILES string of the molecule is C=CCn1c(SCc2coc(-c3ccccc3)n2)nnc1-c1ccncc1. The monoisotopic (exact) mass is 375 g/mol. The fourth-order valence-corrected chi connectivity index (χ4v) is 3.45. The Labute approximate surface area is 161 Å². The summed E-state index contributed by atoms with van der Waals surface area (Å²) in [6, 6.07) is 13.7. The lowest BCUT2D eigenvalue weighted by atomic mass is 10.2. The summed E-state index contributed by atoms with van der Waals surface area (Å²) in [4.78, 5) is 8.62. The molecule has 0 saturated heterocycles. The van der Waals surface area contributed by atoms with Crippen molar-refractivity contribution < 1.29 is 4.42 Å². The van der Waals surface area contributed by atoms with Crippen LogP contribution in [0.25, 0.3) is 22.8 Å². The van der Waals surface area contributed by atoms with Gasteiger partial charge in [0, 0.05) is 35.8 Å². The van der Waals surface area contributed by atoms with Crippen molar-refractivity contribution in [1.29, 1.82) is 0 Å². The molecule has 4 aromatic rings. The first-order chi connectivity index (χ1) is 13.3. The lowest BCUT2D eigenvalue weighted by Crippen LogP contribution is -2.00. The van der Waals surface area contributed by atoms with E-state index in [1.54, 1.807) is 30.4 Å². The minimum atomic E-state index is 0.622. The molecule has 0 bridgehead atoms. The Kier molecular flexibility index (Phi) is 5.11. The van der Waals surface area contributed by atoms with Crippen LogP contribution in [0.5, 0.6) is 0 Å². The molecule has 0 amide bonds. The van der Waals surface area contributed by atoms with Gasteiger partial charge >= 0.3 is 0 Å². The molecule has 0 aliphatic carbocycles. The number of hydrogen-bond acceptors (Lipinski definition) is 6. The molecule has 0 N–H and O–H groups in total. The number of allylic oxidation sites excluding steroid dienone is 1. The summed E-state index contributed by atoms with van der Waals surface area (Å²) in [6.07, 6.45) is 7.01. The second-order valence-electron chi connectivity index (χ2n) is 5.74. The first-order valence-corrected chi connectivity index (χ1v) is 9.41. The van der Waals surface area contributed by atoms with Gasteiger partial charge in [-0.25, -0.2) is 4.98 Å². The summed E-state index contributed by atoms with van der Waals surface area (Å²) in [5.41, 5.74) is 2.79. The molecule has 0 fully saturated rings. The molecule has 134 valence electrons. The molecule has 0 saturated carbocycles. The third-order valence-electron chi connectivity index (χ3n) is 3.89. The number of aromatic nitrogens is 5. The van der Waals surface area contributed by atoms with Crippen LogP contribution in [0.4, 0.5) is 0 Å². The highest BCUT2D eigenvalue weighted by molar-refractivity contribution is 7.98. The quantitative estimate of drug-likeness (QED) is 0.350. The zero-order valence-electron chi connectivity index (χ0n) is 14.5. The fraction of sp³-hybridized carbons (Fsp3) is 0.100. The van der Waals surface area contributed by atoms with Gasteiger partial charge in [-0.15, -0.1) is 16.8 Å². The van der Waals surface area contributed by atoms with Crippen LogP contribution in [-0.2, 0) is 12.3 Å². The summed E-state index contributed by atoms with van der Waals surface area (Å²) >= 11 is 1.57. The van der Waals surface area contributed by atoms with Gasteiger partial charge in [0.1, 0.15) is 6.26 Å². The Balaban J connectivity index is 1.53. The average Bonchev–Trinajstić information content (AvgIpc) is 3.35. The van der Waals surface area contributed by atoms with Gasteiger partial charge in [0.2, 0.25) is 5.89 Å². The highest BCUT2D eigenvalue weighted by atomic mass is 32.2. The normalized spacial score (nSPS) is 10.8. The van der Waals surface area contributed by atoms with E-state index < -0.39 is 0 Å². The van der Waals surface area contributed by atoms with Crippen molar-refractivity contribution in [2.45, 2.75) is 17.5 Å². The number of nitrogens with zero attached hydrogens (tertiary/aromatic N) is 5. The summed E-state index contributed by atoms with van der Waals surface area (Å²) in [7, 11) is 0. The molecule has 7 heteroatoms. The van der Waals surface area contributed by atoms with Crippen molar-refractivity contribution in [3.8, 4) is 22.8 Å². The zero-order chi connectivity index (χ0) is 18.5. The van der Waals surface area contributed by atoms with E-state index in [1.807, 2.05) is 53.1 Å². The standard InChI is InChI=1S/C20H17N5OS/c1-2-12-25-18(15-8-10-21-11-9-15)23-24-20(25)27-14-17-13-26-19(22-17)16-6-4-3-5-7-16/h2-11,13H,1,12,14H2. The smallest absolute Gasteiger partial charge is 0.226 e. The van der Waals surface area contributed by atoms with E-state index in [0.29, 0.717) is 18.2 Å². The molecule has 0 unspecified atom stereocenters. The van der Waals surface area contributed by atoms with E-state index in [-0.39, 0.29) is 0 Å². The van der Waals surface area contributed by atoms with Crippen LogP contribution in [0.2, 0.25) is 0 Å². The number of oxazole rings is 1. The Morgan fingerprint density at radius 1 is 1.04 bits per heavy atom. The molecular formula is C20H17N5OS. The van der Waals surface area contributed by atoms with Crippen LogP contribution in [0.3, 0.4) is 0 Å². The highest BCUT2D eigenvalue weighted by Gasteiger charge is 2.14. The topological polar surface area (TPSA) is 69.6 Å². The van der Waals surface area contributed by atoms with E-state index in [0.717, 1.165) is 27.8 Å². The Hall–Kier alpha value is -3.19. The molecule has 0 atom stereocenters. The summed E-state index contributed by atoms with van der Waals surface area (Å²) in [5, 5.41) is 9.49. The Bertz CT molecular complexity index is 1030. The van der Waals surface area contributed by atoms with Crippen LogP contribution >= 0.6 is 11.8 Å². The van der Waals surface area contributed by atoms with E-state index in [9.17, 15) is 0 Å². The maximum atomic E-state index is 5.60. The summed E-state index contributed by atoms with van der Waals surface area (Å²) < 4.78 is 7.63. The first kappa shape index (κ1) is 17.2. The van der Waals surface area contributed by atoms with Gasteiger partial charge in [0.25, 0.3) is 0 Å². The number of rotatable bonds is 7. The first-order valence-electron chi connectivity index (χ1n) is 8.42. The van der Waals surface area contributed by atoms with Crippen LogP contribution in [-0.4, -0.2) is 24.7 Å². The molecule has 0 radical (unpaired) electrons. The third-order valence-corrected chi connectivity index (χ3v) is 4.89. The molecule has 1 aromatic carbocycles. The highest BCUT2D eigenvalue weighted by Crippen LogP contribution is 2.27. The number of thioether (sulfide) groups is 1. The zero-order valence-corrected chi connectivity index (χ0v) is 15.3.